The molecular formula is C14H16ClNO3. The molecule has 1 amide bonds. The zero-order valence-corrected chi connectivity index (χ0v) is 11.4. The van der Waals surface area contributed by atoms with Crippen LogP contribution in [0, 0.1) is 0 Å². The molecule has 1 heterocycles. The van der Waals surface area contributed by atoms with E-state index in [1.807, 2.05) is 0 Å². The summed E-state index contributed by atoms with van der Waals surface area (Å²) in [5.41, 5.74) is 0.360. The number of carbonyl (C=O) groups is 2. The molecule has 1 aromatic carbocycles. The van der Waals surface area contributed by atoms with E-state index in [2.05, 4.69) is 0 Å². The zero-order valence-electron chi connectivity index (χ0n) is 10.6. The van der Waals surface area contributed by atoms with Crippen molar-refractivity contribution in [2.75, 3.05) is 19.7 Å². The smallest absolute Gasteiger partial charge is 0.260 e. The van der Waals surface area contributed by atoms with Crippen LogP contribution in [0.15, 0.2) is 18.2 Å². The van der Waals surface area contributed by atoms with Gasteiger partial charge in [-0.25, -0.2) is 0 Å². The van der Waals surface area contributed by atoms with E-state index in [1.54, 1.807) is 23.1 Å². The van der Waals surface area contributed by atoms with Crippen molar-refractivity contribution >= 4 is 23.8 Å². The normalized spacial score (nSPS) is 15.1. The van der Waals surface area contributed by atoms with Crippen LogP contribution in [0.4, 0.5) is 0 Å². The molecule has 0 bridgehead atoms. The Morgan fingerprint density at radius 1 is 1.32 bits per heavy atom. The van der Waals surface area contributed by atoms with Gasteiger partial charge in [0.15, 0.2) is 12.9 Å². The molecule has 5 heteroatoms. The number of piperidine rings is 1. The summed E-state index contributed by atoms with van der Waals surface area (Å²) in [5, 5.41) is 0.344. The quantitative estimate of drug-likeness (QED) is 0.797. The van der Waals surface area contributed by atoms with E-state index in [-0.39, 0.29) is 18.3 Å². The van der Waals surface area contributed by atoms with Crippen molar-refractivity contribution in [1.29, 1.82) is 0 Å². The zero-order chi connectivity index (χ0) is 13.7. The summed E-state index contributed by atoms with van der Waals surface area (Å²) in [7, 11) is 0. The van der Waals surface area contributed by atoms with E-state index >= 15 is 0 Å². The van der Waals surface area contributed by atoms with Crippen molar-refractivity contribution < 1.29 is 14.3 Å². The summed E-state index contributed by atoms with van der Waals surface area (Å²) >= 11 is 5.97. The van der Waals surface area contributed by atoms with E-state index in [9.17, 15) is 9.59 Å². The van der Waals surface area contributed by atoms with Gasteiger partial charge in [-0.05, 0) is 31.4 Å². The number of para-hydroxylation sites is 1. The summed E-state index contributed by atoms with van der Waals surface area (Å²) in [6.45, 7) is 1.49. The van der Waals surface area contributed by atoms with Gasteiger partial charge in [0.05, 0.1) is 10.6 Å². The monoisotopic (exact) mass is 281 g/mol. The van der Waals surface area contributed by atoms with Gasteiger partial charge in [0.1, 0.15) is 5.75 Å². The summed E-state index contributed by atoms with van der Waals surface area (Å²) in [6.07, 6.45) is 3.92. The maximum atomic E-state index is 12.0. The maximum absolute atomic E-state index is 12.0. The van der Waals surface area contributed by atoms with Crippen LogP contribution in [0.5, 0.6) is 5.75 Å². The second kappa shape index (κ2) is 6.57. The highest BCUT2D eigenvalue weighted by Gasteiger charge is 2.18. The van der Waals surface area contributed by atoms with E-state index in [4.69, 9.17) is 16.3 Å². The number of carbonyl (C=O) groups excluding carboxylic acids is 2. The van der Waals surface area contributed by atoms with Crippen LogP contribution in [-0.2, 0) is 4.79 Å². The first-order chi connectivity index (χ1) is 9.22. The lowest BCUT2D eigenvalue weighted by molar-refractivity contribution is -0.134. The Morgan fingerprint density at radius 2 is 2.05 bits per heavy atom. The van der Waals surface area contributed by atoms with Crippen molar-refractivity contribution in [2.45, 2.75) is 19.3 Å². The molecule has 0 unspecified atom stereocenters. The molecule has 0 spiro atoms. The van der Waals surface area contributed by atoms with E-state index < -0.39 is 0 Å². The Kier molecular flexibility index (Phi) is 4.80. The molecule has 1 aliphatic heterocycles. The van der Waals surface area contributed by atoms with Gasteiger partial charge in [-0.1, -0.05) is 17.7 Å². The van der Waals surface area contributed by atoms with Crippen LogP contribution in [0.25, 0.3) is 0 Å². The van der Waals surface area contributed by atoms with Crippen molar-refractivity contribution in [2.24, 2.45) is 0 Å². The standard InChI is InChI=1S/C14H16ClNO3/c15-12-6-4-5-11(9-17)14(12)19-10-13(18)16-7-2-1-3-8-16/h4-6,9H,1-3,7-8,10H2. The maximum Gasteiger partial charge on any atom is 0.260 e. The van der Waals surface area contributed by atoms with Gasteiger partial charge in [0.25, 0.3) is 5.91 Å². The highest BCUT2D eigenvalue weighted by atomic mass is 35.5. The third kappa shape index (κ3) is 3.47. The minimum atomic E-state index is -0.0788. The Labute approximate surface area is 117 Å². The largest absolute Gasteiger partial charge is 0.481 e. The van der Waals surface area contributed by atoms with E-state index in [1.165, 1.54) is 6.42 Å². The van der Waals surface area contributed by atoms with Crippen LogP contribution in [0.2, 0.25) is 5.02 Å². The predicted molar refractivity (Wildman–Crippen MR) is 72.8 cm³/mol. The van der Waals surface area contributed by atoms with Gasteiger partial charge in [0.2, 0.25) is 0 Å². The van der Waals surface area contributed by atoms with Gasteiger partial charge in [-0.2, -0.15) is 0 Å². The number of rotatable bonds is 4. The Hall–Kier alpha value is -1.55. The van der Waals surface area contributed by atoms with Gasteiger partial charge in [0, 0.05) is 13.1 Å². The van der Waals surface area contributed by atoms with Crippen LogP contribution < -0.4 is 4.74 Å². The van der Waals surface area contributed by atoms with Crippen LogP contribution in [0.3, 0.4) is 0 Å². The number of hydrogen-bond donors (Lipinski definition) is 0. The summed E-state index contributed by atoms with van der Waals surface area (Å²) in [5.74, 6) is 0.223. The van der Waals surface area contributed by atoms with Gasteiger partial charge in [-0.15, -0.1) is 0 Å². The number of ether oxygens (including phenoxy) is 1. The number of halogens is 1. The molecular weight excluding hydrogens is 266 g/mol. The van der Waals surface area contributed by atoms with Gasteiger partial charge < -0.3 is 9.64 Å². The van der Waals surface area contributed by atoms with E-state index in [0.29, 0.717) is 16.9 Å². The fourth-order valence-corrected chi connectivity index (χ4v) is 2.38. The molecule has 2 rings (SSSR count). The Balaban J connectivity index is 1.98. The lowest BCUT2D eigenvalue weighted by atomic mass is 10.1. The summed E-state index contributed by atoms with van der Waals surface area (Å²) < 4.78 is 5.42. The Bertz CT molecular complexity index is 470. The van der Waals surface area contributed by atoms with Crippen LogP contribution in [0.1, 0.15) is 29.6 Å². The van der Waals surface area contributed by atoms with Crippen molar-refractivity contribution in [3.05, 3.63) is 28.8 Å². The lowest BCUT2D eigenvalue weighted by Gasteiger charge is -2.26. The molecule has 0 aromatic heterocycles. The first-order valence-corrected chi connectivity index (χ1v) is 6.74. The molecule has 1 aliphatic rings. The SMILES string of the molecule is O=Cc1cccc(Cl)c1OCC(=O)N1CCCCC1. The highest BCUT2D eigenvalue weighted by molar-refractivity contribution is 6.32. The number of aldehydes is 1. The number of benzene rings is 1. The van der Waals surface area contributed by atoms with Crippen molar-refractivity contribution in [3.8, 4) is 5.75 Å². The van der Waals surface area contributed by atoms with E-state index in [0.717, 1.165) is 25.9 Å². The fourth-order valence-electron chi connectivity index (χ4n) is 2.14. The van der Waals surface area contributed by atoms with Crippen molar-refractivity contribution in [3.63, 3.8) is 0 Å². The predicted octanol–water partition coefficient (Wildman–Crippen LogP) is 2.54. The second-order valence-corrected chi connectivity index (χ2v) is 4.91. The molecule has 0 saturated carbocycles. The van der Waals surface area contributed by atoms with Crippen LogP contribution >= 0.6 is 11.6 Å². The third-order valence-corrected chi connectivity index (χ3v) is 3.47. The molecule has 0 N–H and O–H groups in total. The molecule has 0 aliphatic carbocycles. The lowest BCUT2D eigenvalue weighted by Crippen LogP contribution is -2.38. The molecule has 102 valence electrons. The van der Waals surface area contributed by atoms with Crippen molar-refractivity contribution in [1.82, 2.24) is 4.90 Å². The molecule has 1 saturated heterocycles. The highest BCUT2D eigenvalue weighted by Crippen LogP contribution is 2.27. The minimum absolute atomic E-state index is 0.0588. The fraction of sp³-hybridized carbons (Fsp3) is 0.429. The number of hydrogen-bond acceptors (Lipinski definition) is 3. The molecule has 0 radical (unpaired) electrons. The van der Waals surface area contributed by atoms with Crippen LogP contribution in [-0.4, -0.2) is 36.8 Å². The minimum Gasteiger partial charge on any atom is -0.481 e. The first kappa shape index (κ1) is 13.9. The summed E-state index contributed by atoms with van der Waals surface area (Å²) in [6, 6.07) is 4.92. The number of nitrogens with zero attached hydrogens (tertiary/aromatic N) is 1. The average molecular weight is 282 g/mol. The first-order valence-electron chi connectivity index (χ1n) is 6.36. The molecule has 19 heavy (non-hydrogen) atoms. The molecule has 4 nitrogen and oxygen atoms in total. The third-order valence-electron chi connectivity index (χ3n) is 3.17. The Morgan fingerprint density at radius 3 is 2.74 bits per heavy atom. The molecule has 1 aromatic rings. The average Bonchev–Trinajstić information content (AvgIpc) is 2.46. The van der Waals surface area contributed by atoms with Gasteiger partial charge in [-0.3, -0.25) is 9.59 Å². The second-order valence-electron chi connectivity index (χ2n) is 4.51. The molecule has 0 atom stereocenters. The number of amides is 1. The topological polar surface area (TPSA) is 46.6 Å². The van der Waals surface area contributed by atoms with Gasteiger partial charge >= 0.3 is 0 Å². The number of likely N-dealkylation sites (tertiary alicyclic amines) is 1. The molecule has 1 fully saturated rings. The summed E-state index contributed by atoms with van der Waals surface area (Å²) in [4.78, 5) is 24.6.